The lowest BCUT2D eigenvalue weighted by Gasteiger charge is -2.22. The predicted octanol–water partition coefficient (Wildman–Crippen LogP) is -6.60. The summed E-state index contributed by atoms with van der Waals surface area (Å²) in [5.74, 6) is 0. The summed E-state index contributed by atoms with van der Waals surface area (Å²) in [7, 11) is -5.36. The monoisotopic (exact) mass is 781 g/mol. The summed E-state index contributed by atoms with van der Waals surface area (Å²) >= 11 is 0. The van der Waals surface area contributed by atoms with E-state index in [0.29, 0.717) is 0 Å². The second kappa shape index (κ2) is 23.5. The minimum absolute atomic E-state index is 0. The van der Waals surface area contributed by atoms with Gasteiger partial charge in [0.05, 0.1) is 54.4 Å². The van der Waals surface area contributed by atoms with Gasteiger partial charge in [-0.2, -0.15) is 26.3 Å². The molecule has 0 saturated heterocycles. The van der Waals surface area contributed by atoms with Gasteiger partial charge in [0.1, 0.15) is 49.6 Å². The van der Waals surface area contributed by atoms with Crippen LogP contribution in [0.1, 0.15) is 27.7 Å². The molecule has 13 nitrogen and oxygen atoms in total. The van der Waals surface area contributed by atoms with Crippen LogP contribution >= 0.6 is 0 Å². The quantitative estimate of drug-likeness (QED) is 0.143. The van der Waals surface area contributed by atoms with E-state index < -0.39 is 31.1 Å². The number of alkyl halides is 6. The van der Waals surface area contributed by atoms with Crippen LogP contribution in [0.15, 0.2) is 74.9 Å². The van der Waals surface area contributed by atoms with E-state index in [1.54, 1.807) is 0 Å². The summed E-state index contributed by atoms with van der Waals surface area (Å²) in [6, 6.07) is 0. The molecule has 0 aromatic carbocycles. The first kappa shape index (κ1) is 52.9. The summed E-state index contributed by atoms with van der Waals surface area (Å²) in [6.45, 7) is 12.7. The lowest BCUT2D eigenvalue weighted by molar-refractivity contribution is -0.671. The number of halogens is 9. The Hall–Kier alpha value is -3.93. The van der Waals surface area contributed by atoms with E-state index in [-0.39, 0.29) is 14.1 Å². The van der Waals surface area contributed by atoms with E-state index in [1.807, 2.05) is 71.2 Å². The Morgan fingerprint density at radius 2 is 0.660 bits per heavy atom. The summed E-state index contributed by atoms with van der Waals surface area (Å²) in [5, 5.41) is 0. The molecule has 0 bridgehead atoms. The van der Waals surface area contributed by atoms with Crippen molar-refractivity contribution < 1.29 is 75.6 Å². The number of hydrogen-bond acceptors (Lipinski definition) is 4. The van der Waals surface area contributed by atoms with Crippen LogP contribution in [-0.2, 0) is 74.4 Å². The maximum absolute atomic E-state index is 11.4. The Morgan fingerprint density at radius 1 is 0.480 bits per heavy atom. The van der Waals surface area contributed by atoms with Gasteiger partial charge in [-0.1, -0.05) is 0 Å². The molecule has 292 valence electrons. The van der Waals surface area contributed by atoms with Crippen molar-refractivity contribution in [2.75, 3.05) is 0 Å². The fourth-order valence-corrected chi connectivity index (χ4v) is 4.68. The van der Waals surface area contributed by atoms with Crippen molar-refractivity contribution in [2.45, 2.75) is 64.9 Å². The molecule has 4 aromatic heterocycles. The molecule has 50 heavy (non-hydrogen) atoms. The molecule has 0 atom stereocenters. The van der Waals surface area contributed by atoms with Crippen molar-refractivity contribution in [1.29, 1.82) is 0 Å². The number of aromatic nitrogens is 8. The number of aryl methyl sites for hydroxylation is 8. The number of nitrogens with zero attached hydrogens (tertiary/aromatic N) is 9. The SMILES string of the molecule is CCn1cc[n+](C)c1.CCn1cc[n+](C)c1.CCn1cc[n+](C)c1.CCn1cc[n+](C)c1.O=S(=O)([N-]S(=O)(=O)C(F)(F)F)C(F)(F)F.[F-].[F-].[F-]. The zero-order chi connectivity index (χ0) is 36.6. The maximum atomic E-state index is 11.4. The normalized spacial score (nSPS) is 10.8. The minimum Gasteiger partial charge on any atom is -1.00 e. The highest BCUT2D eigenvalue weighted by Crippen LogP contribution is 2.36. The van der Waals surface area contributed by atoms with E-state index in [1.165, 1.54) is 0 Å². The van der Waals surface area contributed by atoms with Gasteiger partial charge in [-0.25, -0.2) is 53.4 Å². The Bertz CT molecular complexity index is 1480. The first-order chi connectivity index (χ1) is 21.5. The number of rotatable bonds is 6. The Morgan fingerprint density at radius 3 is 0.740 bits per heavy atom. The zero-order valence-corrected chi connectivity index (χ0v) is 30.3. The highest BCUT2D eigenvalue weighted by Gasteiger charge is 2.46. The zero-order valence-electron chi connectivity index (χ0n) is 28.6. The van der Waals surface area contributed by atoms with Gasteiger partial charge < -0.3 is 18.2 Å². The summed E-state index contributed by atoms with van der Waals surface area (Å²) in [4.78, 5) is 0. The Balaban J connectivity index is -0.000000267. The van der Waals surface area contributed by atoms with Crippen LogP contribution in [0, 0.1) is 0 Å². The number of sulfonamides is 2. The Kier molecular flexibility index (Phi) is 24.8. The lowest BCUT2D eigenvalue weighted by atomic mass is 10.7. The first-order valence-electron chi connectivity index (χ1n) is 13.9. The van der Waals surface area contributed by atoms with Gasteiger partial charge in [-0.15, -0.1) is 0 Å². The molecule has 0 amide bonds. The fraction of sp³-hybridized carbons (Fsp3) is 0.538. The van der Waals surface area contributed by atoms with Crippen molar-refractivity contribution in [3.05, 3.63) is 79.0 Å². The van der Waals surface area contributed by atoms with Crippen molar-refractivity contribution in [2.24, 2.45) is 28.2 Å². The molecule has 4 heterocycles. The summed E-state index contributed by atoms with van der Waals surface area (Å²) in [6.07, 6.45) is 24.6. The lowest BCUT2D eigenvalue weighted by Crippen LogP contribution is -3.00. The van der Waals surface area contributed by atoms with Gasteiger partial charge in [-0.05, 0) is 27.7 Å². The van der Waals surface area contributed by atoms with Crippen molar-refractivity contribution >= 4 is 20.0 Å². The molecule has 4 aromatic rings. The molecule has 0 aliphatic heterocycles. The van der Waals surface area contributed by atoms with Crippen molar-refractivity contribution in [3.63, 3.8) is 0 Å². The van der Waals surface area contributed by atoms with Crippen LogP contribution in [-0.4, -0.2) is 46.1 Å². The van der Waals surface area contributed by atoms with Crippen molar-refractivity contribution in [3.8, 4) is 0 Å². The molecule has 0 unspecified atom stereocenters. The first-order valence-corrected chi connectivity index (χ1v) is 16.8. The molecule has 24 heteroatoms. The van der Waals surface area contributed by atoms with Gasteiger partial charge in [0.25, 0.3) is 0 Å². The van der Waals surface area contributed by atoms with E-state index in [9.17, 15) is 43.2 Å². The van der Waals surface area contributed by atoms with Crippen molar-refractivity contribution in [1.82, 2.24) is 18.3 Å². The van der Waals surface area contributed by atoms with Gasteiger partial charge in [-0.3, -0.25) is 0 Å². The predicted molar refractivity (Wildman–Crippen MR) is 158 cm³/mol. The molecule has 0 spiro atoms. The average Bonchev–Trinajstić information content (AvgIpc) is 3.77. The molecular weight excluding hydrogens is 737 g/mol. The molecule has 0 saturated carbocycles. The second-order valence-corrected chi connectivity index (χ2v) is 13.0. The Labute approximate surface area is 285 Å². The van der Waals surface area contributed by atoms with Crippen LogP contribution in [0.3, 0.4) is 0 Å². The third-order valence-corrected chi connectivity index (χ3v) is 8.28. The molecule has 0 fully saturated rings. The molecule has 0 N–H and O–H groups in total. The minimum atomic E-state index is -6.72. The molecule has 0 radical (unpaired) electrons. The second-order valence-electron chi connectivity index (χ2n) is 9.55. The van der Waals surface area contributed by atoms with E-state index in [2.05, 4.69) is 96.1 Å². The summed E-state index contributed by atoms with van der Waals surface area (Å²) < 4.78 is 126. The average molecular weight is 782 g/mol. The van der Waals surface area contributed by atoms with E-state index >= 15 is 0 Å². The third kappa shape index (κ3) is 19.9. The van der Waals surface area contributed by atoms with Gasteiger partial charge in [0, 0.05) is 0 Å². The van der Waals surface area contributed by atoms with Crippen LogP contribution in [0.25, 0.3) is 4.13 Å². The summed E-state index contributed by atoms with van der Waals surface area (Å²) in [5.41, 5.74) is -12.4. The van der Waals surface area contributed by atoms with Gasteiger partial charge in [0.2, 0.25) is 25.3 Å². The van der Waals surface area contributed by atoms with Crippen LogP contribution < -0.4 is 32.4 Å². The van der Waals surface area contributed by atoms with Crippen LogP contribution in [0.2, 0.25) is 0 Å². The fourth-order valence-electron chi connectivity index (χ4n) is 2.97. The third-order valence-electron chi connectivity index (χ3n) is 5.54. The molecule has 4 rings (SSSR count). The van der Waals surface area contributed by atoms with E-state index in [0.717, 1.165) is 30.3 Å². The highest BCUT2D eigenvalue weighted by atomic mass is 32.3. The van der Waals surface area contributed by atoms with Crippen LogP contribution in [0.5, 0.6) is 0 Å². The van der Waals surface area contributed by atoms with Crippen LogP contribution in [0.4, 0.5) is 26.3 Å². The number of hydrogen-bond donors (Lipinski definition) is 0. The molecular formula is C26H44F9N9O4S2. The van der Waals surface area contributed by atoms with E-state index in [4.69, 9.17) is 0 Å². The van der Waals surface area contributed by atoms with Gasteiger partial charge >= 0.3 is 11.0 Å². The standard InChI is InChI=1S/4C6H11N2.C2F6NO4S2.3FH/c4*1-3-8-5-4-7(2)6-8;3-1(4,5)14(10,11)9-15(12,13)2(6,7)8;;;/h4*4-6H,3H2,1-2H3;;3*1H/q4*+1;-1;;;/p-3. The van der Waals surface area contributed by atoms with Gasteiger partial charge in [0.15, 0.2) is 20.0 Å². The molecule has 0 aliphatic rings. The number of imidazole rings is 4. The highest BCUT2D eigenvalue weighted by molar-refractivity contribution is 8.13. The smallest absolute Gasteiger partial charge is 0.480 e. The largest absolute Gasteiger partial charge is 1.00 e. The topological polar surface area (TPSA) is 118 Å². The maximum Gasteiger partial charge on any atom is 0.480 e. The molecule has 0 aliphatic carbocycles.